The zero-order chi connectivity index (χ0) is 20.9. The molecule has 0 fully saturated rings. The first kappa shape index (κ1) is 22.3. The normalized spacial score (nSPS) is 11.0. The van der Waals surface area contributed by atoms with E-state index in [4.69, 9.17) is 0 Å². The maximum absolute atomic E-state index is 3.85. The zero-order valence-corrected chi connectivity index (χ0v) is 19.2. The fourth-order valence-electron chi connectivity index (χ4n) is 3.94. The number of rotatable bonds is 10. The van der Waals surface area contributed by atoms with Crippen molar-refractivity contribution in [1.82, 2.24) is 0 Å². The van der Waals surface area contributed by atoms with Crippen LogP contribution in [0.2, 0.25) is 0 Å². The molecule has 3 aromatic rings. The van der Waals surface area contributed by atoms with Gasteiger partial charge in [0.25, 0.3) is 0 Å². The molecule has 0 heterocycles. The Labute approximate surface area is 184 Å². The van der Waals surface area contributed by atoms with E-state index in [9.17, 15) is 0 Å². The first-order chi connectivity index (χ1) is 14.9. The van der Waals surface area contributed by atoms with E-state index in [0.29, 0.717) is 0 Å². The Balaban J connectivity index is 1.87. The van der Waals surface area contributed by atoms with Gasteiger partial charge in [-0.05, 0) is 42.8 Å². The lowest BCUT2D eigenvalue weighted by molar-refractivity contribution is 0.594. The van der Waals surface area contributed by atoms with Crippen molar-refractivity contribution in [3.05, 3.63) is 91.0 Å². The van der Waals surface area contributed by atoms with Crippen LogP contribution in [0.5, 0.6) is 0 Å². The molecule has 0 bridgehead atoms. The molecule has 0 aromatic heterocycles. The van der Waals surface area contributed by atoms with Crippen LogP contribution < -0.4 is 15.9 Å². The quantitative estimate of drug-likeness (QED) is 0.189. The van der Waals surface area contributed by atoms with Gasteiger partial charge in [-0.3, -0.25) is 0 Å². The van der Waals surface area contributed by atoms with Gasteiger partial charge in [0.05, 0.1) is 5.66 Å². The monoisotopic (exact) mass is 413 g/mol. The number of unbranched alkanes of at least 4 members (excludes halogenated alkanes) is 7. The van der Waals surface area contributed by atoms with Gasteiger partial charge in [-0.25, -0.2) is 0 Å². The molecule has 0 aliphatic rings. The van der Waals surface area contributed by atoms with Gasteiger partial charge < -0.3 is 0 Å². The fourth-order valence-corrected chi connectivity index (χ4v) is 7.43. The summed E-state index contributed by atoms with van der Waals surface area (Å²) in [5.41, 5.74) is 3.85. The molecule has 1 heteroatoms. The minimum atomic E-state index is -1.98. The summed E-state index contributed by atoms with van der Waals surface area (Å²) >= 11 is 0. The molecule has 0 spiro atoms. The summed E-state index contributed by atoms with van der Waals surface area (Å²) in [7, 11) is -1.98. The van der Waals surface area contributed by atoms with Crippen molar-refractivity contribution in [2.75, 3.05) is 0 Å². The second kappa shape index (κ2) is 12.4. The van der Waals surface area contributed by atoms with Gasteiger partial charge >= 0.3 is 0 Å². The van der Waals surface area contributed by atoms with E-state index >= 15 is 0 Å². The minimum absolute atomic E-state index is 0.988. The molecule has 0 radical (unpaired) electrons. The second-order valence-corrected chi connectivity index (χ2v) is 11.0. The van der Waals surface area contributed by atoms with Gasteiger partial charge in [-0.15, -0.1) is 0 Å². The van der Waals surface area contributed by atoms with Gasteiger partial charge in [-0.2, -0.15) is 0 Å². The molecule has 0 unspecified atom stereocenters. The summed E-state index contributed by atoms with van der Waals surface area (Å²) in [5.74, 6) is 3.62. The van der Waals surface area contributed by atoms with E-state index in [2.05, 4.69) is 110 Å². The van der Waals surface area contributed by atoms with Crippen LogP contribution >= 0.6 is 7.26 Å². The molecule has 0 saturated heterocycles. The number of hydrogen-bond acceptors (Lipinski definition) is 0. The first-order valence-corrected chi connectivity index (χ1v) is 13.2. The van der Waals surface area contributed by atoms with E-state index < -0.39 is 7.26 Å². The van der Waals surface area contributed by atoms with Crippen LogP contribution in [0.15, 0.2) is 91.0 Å². The standard InChI is InChI=1S/C29H34P/c1-2-3-4-5-6-7-8-9-19-26-30(27-20-13-10-14-21-27,28-22-15-11-16-23-28)29-24-17-12-18-25-29/h10-18,20-25H,2-9H2,1H3/q+1. The summed E-state index contributed by atoms with van der Waals surface area (Å²) in [6.45, 7) is 2.27. The first-order valence-electron chi connectivity index (χ1n) is 11.4. The molecule has 0 nitrogen and oxygen atoms in total. The molecule has 0 N–H and O–H groups in total. The van der Waals surface area contributed by atoms with Crippen molar-refractivity contribution in [3.8, 4) is 11.6 Å². The van der Waals surface area contributed by atoms with Crippen LogP contribution in [0.25, 0.3) is 0 Å². The highest BCUT2D eigenvalue weighted by atomic mass is 31.2. The third kappa shape index (κ3) is 5.84. The van der Waals surface area contributed by atoms with Crippen LogP contribution in [0.3, 0.4) is 0 Å². The Morgan fingerprint density at radius 1 is 0.533 bits per heavy atom. The molecule has 3 aromatic carbocycles. The SMILES string of the molecule is CCCCCCCCCC#C[P+](c1ccccc1)(c1ccccc1)c1ccccc1. The Bertz CT molecular complexity index is 807. The summed E-state index contributed by atoms with van der Waals surface area (Å²) in [6, 6.07) is 32.7. The molecule has 0 saturated carbocycles. The molecule has 154 valence electrons. The van der Waals surface area contributed by atoms with E-state index in [-0.39, 0.29) is 0 Å². The van der Waals surface area contributed by atoms with E-state index in [0.717, 1.165) is 6.42 Å². The molecule has 0 amide bonds. The molecule has 0 aliphatic carbocycles. The van der Waals surface area contributed by atoms with Crippen molar-refractivity contribution < 1.29 is 0 Å². The third-order valence-corrected chi connectivity index (χ3v) is 9.29. The average Bonchev–Trinajstić information content (AvgIpc) is 2.82. The lowest BCUT2D eigenvalue weighted by Crippen LogP contribution is -2.29. The van der Waals surface area contributed by atoms with Crippen LogP contribution in [0, 0.1) is 11.6 Å². The van der Waals surface area contributed by atoms with E-state index in [1.54, 1.807) is 0 Å². The smallest absolute Gasteiger partial charge is 0.0654 e. The maximum atomic E-state index is 3.85. The Hall–Kier alpha value is -2.35. The lowest BCUT2D eigenvalue weighted by atomic mass is 10.1. The van der Waals surface area contributed by atoms with Gasteiger partial charge in [0.2, 0.25) is 0 Å². The third-order valence-electron chi connectivity index (χ3n) is 5.58. The zero-order valence-electron chi connectivity index (χ0n) is 18.3. The van der Waals surface area contributed by atoms with Crippen molar-refractivity contribution in [2.24, 2.45) is 0 Å². The van der Waals surface area contributed by atoms with Crippen molar-refractivity contribution in [3.63, 3.8) is 0 Å². The van der Waals surface area contributed by atoms with Crippen LogP contribution in [0.1, 0.15) is 58.3 Å². The highest BCUT2D eigenvalue weighted by Gasteiger charge is 2.44. The van der Waals surface area contributed by atoms with Crippen molar-refractivity contribution >= 4 is 23.2 Å². The average molecular weight is 414 g/mol. The van der Waals surface area contributed by atoms with Gasteiger partial charge in [0.15, 0.2) is 7.26 Å². The van der Waals surface area contributed by atoms with Crippen molar-refractivity contribution in [2.45, 2.75) is 58.3 Å². The lowest BCUT2D eigenvalue weighted by Gasteiger charge is -2.21. The summed E-state index contributed by atoms with van der Waals surface area (Å²) in [4.78, 5) is 0. The predicted octanol–water partition coefficient (Wildman–Crippen LogP) is 7.08. The second-order valence-electron chi connectivity index (χ2n) is 7.84. The summed E-state index contributed by atoms with van der Waals surface area (Å²) in [6.07, 6.45) is 10.3. The predicted molar refractivity (Wildman–Crippen MR) is 136 cm³/mol. The molecule has 0 atom stereocenters. The topological polar surface area (TPSA) is 0 Å². The fraction of sp³-hybridized carbons (Fsp3) is 0.310. The Morgan fingerprint density at radius 2 is 0.933 bits per heavy atom. The Kier molecular flexibility index (Phi) is 9.21. The number of hydrogen-bond donors (Lipinski definition) is 0. The van der Waals surface area contributed by atoms with Crippen LogP contribution in [0.4, 0.5) is 0 Å². The Morgan fingerprint density at radius 3 is 1.37 bits per heavy atom. The highest BCUT2D eigenvalue weighted by Crippen LogP contribution is 2.54. The maximum Gasteiger partial charge on any atom is 0.189 e. The molecule has 30 heavy (non-hydrogen) atoms. The van der Waals surface area contributed by atoms with Gasteiger partial charge in [-0.1, -0.05) is 106 Å². The van der Waals surface area contributed by atoms with Gasteiger partial charge in [0.1, 0.15) is 15.9 Å². The van der Waals surface area contributed by atoms with Crippen molar-refractivity contribution in [1.29, 1.82) is 0 Å². The highest BCUT2D eigenvalue weighted by molar-refractivity contribution is 7.99. The molecule has 3 rings (SSSR count). The molecular weight excluding hydrogens is 379 g/mol. The largest absolute Gasteiger partial charge is 0.189 e. The number of benzene rings is 3. The van der Waals surface area contributed by atoms with Crippen LogP contribution in [-0.4, -0.2) is 0 Å². The summed E-state index contributed by atoms with van der Waals surface area (Å²) in [5, 5.41) is 4.03. The summed E-state index contributed by atoms with van der Waals surface area (Å²) < 4.78 is 0. The molecular formula is C29H34P+. The minimum Gasteiger partial charge on any atom is -0.0654 e. The van der Waals surface area contributed by atoms with E-state index in [1.807, 2.05) is 0 Å². The van der Waals surface area contributed by atoms with E-state index in [1.165, 1.54) is 60.9 Å². The van der Waals surface area contributed by atoms with Gasteiger partial charge in [0, 0.05) is 6.42 Å². The van der Waals surface area contributed by atoms with Crippen LogP contribution in [-0.2, 0) is 0 Å². The molecule has 0 aliphatic heterocycles.